The van der Waals surface area contributed by atoms with Crippen LogP contribution in [-0.4, -0.2) is 26.5 Å². The lowest BCUT2D eigenvalue weighted by atomic mass is 9.75. The van der Waals surface area contributed by atoms with Gasteiger partial charge in [0.2, 0.25) is 5.95 Å². The van der Waals surface area contributed by atoms with Gasteiger partial charge in [0.15, 0.2) is 5.65 Å². The zero-order valence-corrected chi connectivity index (χ0v) is 18.8. The predicted molar refractivity (Wildman–Crippen MR) is 122 cm³/mol. The molecule has 158 valence electrons. The minimum atomic E-state index is -0.110. The number of imidazole rings is 1. The van der Waals surface area contributed by atoms with E-state index in [1.807, 2.05) is 7.05 Å². The molecule has 30 heavy (non-hydrogen) atoms. The molecule has 6 nitrogen and oxygen atoms in total. The maximum atomic E-state index is 12.8. The summed E-state index contributed by atoms with van der Waals surface area (Å²) in [5, 5.41) is 7.33. The second-order valence-corrected chi connectivity index (χ2v) is 9.53. The van der Waals surface area contributed by atoms with Gasteiger partial charge in [-0.3, -0.25) is 9.36 Å². The van der Waals surface area contributed by atoms with Crippen molar-refractivity contribution in [1.29, 1.82) is 0 Å². The van der Waals surface area contributed by atoms with E-state index in [0.29, 0.717) is 38.4 Å². The van der Waals surface area contributed by atoms with Crippen molar-refractivity contribution in [2.75, 3.05) is 5.32 Å². The lowest BCUT2D eigenvalue weighted by Crippen LogP contribution is -2.40. The summed E-state index contributed by atoms with van der Waals surface area (Å²) >= 11 is 12.5. The highest BCUT2D eigenvalue weighted by Crippen LogP contribution is 2.35. The average Bonchev–Trinajstić information content (AvgIpc) is 2.99. The maximum Gasteiger partial charge on any atom is 0.253 e. The first kappa shape index (κ1) is 20.9. The molecular formula is C22H25Cl2N5O. The molecule has 0 aliphatic heterocycles. The summed E-state index contributed by atoms with van der Waals surface area (Å²) in [6.45, 7) is 4.51. The fraction of sp³-hybridized carbons (Fsp3) is 0.409. The smallest absolute Gasteiger partial charge is 0.253 e. The molecule has 0 radical (unpaired) electrons. The number of fused-ring (bicyclic) bond motifs is 1. The highest BCUT2D eigenvalue weighted by atomic mass is 35.5. The van der Waals surface area contributed by atoms with Crippen LogP contribution in [0.1, 0.15) is 49.9 Å². The maximum absolute atomic E-state index is 12.8. The van der Waals surface area contributed by atoms with E-state index in [2.05, 4.69) is 34.4 Å². The molecule has 1 amide bonds. The third kappa shape index (κ3) is 4.25. The Hall–Kier alpha value is -2.31. The second-order valence-electron chi connectivity index (χ2n) is 8.71. The number of para-hydroxylation sites is 1. The number of carbonyl (C=O) groups is 1. The molecule has 1 aliphatic rings. The van der Waals surface area contributed by atoms with Crippen molar-refractivity contribution < 1.29 is 4.79 Å². The largest absolute Gasteiger partial charge is 0.349 e. The van der Waals surface area contributed by atoms with E-state index in [1.54, 1.807) is 35.0 Å². The van der Waals surface area contributed by atoms with Gasteiger partial charge in [0.25, 0.3) is 5.91 Å². The zero-order chi connectivity index (χ0) is 21.5. The lowest BCUT2D eigenvalue weighted by molar-refractivity contribution is 0.0902. The monoisotopic (exact) mass is 445 g/mol. The summed E-state index contributed by atoms with van der Waals surface area (Å²) in [6.07, 6.45) is 5.94. The molecule has 8 heteroatoms. The van der Waals surface area contributed by atoms with Crippen LogP contribution in [0.4, 0.5) is 11.6 Å². The summed E-state index contributed by atoms with van der Waals surface area (Å²) in [4.78, 5) is 21.9. The standard InChI is InChI=1S/C22H25Cl2N5O/c1-22(2)9-5-6-14(11-22)26-20(30)13-10-17-19(25-12-13)29(3)21(27-17)28-18-15(23)7-4-8-16(18)24/h4,7-8,10,12,14H,5-6,9,11H2,1-3H3,(H,26,30)(H,27,28). The number of nitrogens with zero attached hydrogens (tertiary/aromatic N) is 3. The Morgan fingerprint density at radius 3 is 2.70 bits per heavy atom. The summed E-state index contributed by atoms with van der Waals surface area (Å²) < 4.78 is 1.81. The molecule has 0 spiro atoms. The third-order valence-corrected chi connectivity index (χ3v) is 6.34. The number of hydrogen-bond donors (Lipinski definition) is 2. The van der Waals surface area contributed by atoms with Gasteiger partial charge in [0.1, 0.15) is 5.52 Å². The normalized spacial score (nSPS) is 18.4. The van der Waals surface area contributed by atoms with Crippen LogP contribution in [-0.2, 0) is 7.05 Å². The van der Waals surface area contributed by atoms with Crippen LogP contribution in [0.2, 0.25) is 10.0 Å². The Bertz CT molecular complexity index is 1090. The van der Waals surface area contributed by atoms with Gasteiger partial charge in [-0.15, -0.1) is 0 Å². The van der Waals surface area contributed by atoms with Crippen LogP contribution in [0.3, 0.4) is 0 Å². The van der Waals surface area contributed by atoms with E-state index in [0.717, 1.165) is 19.3 Å². The molecule has 1 fully saturated rings. The van der Waals surface area contributed by atoms with Gasteiger partial charge < -0.3 is 10.6 Å². The Kier molecular flexibility index (Phi) is 5.64. The summed E-state index contributed by atoms with van der Waals surface area (Å²) in [7, 11) is 1.85. The Labute approximate surface area is 186 Å². The minimum absolute atomic E-state index is 0.110. The summed E-state index contributed by atoms with van der Waals surface area (Å²) in [5.74, 6) is 0.431. The molecule has 2 aromatic heterocycles. The van der Waals surface area contributed by atoms with Crippen molar-refractivity contribution in [3.8, 4) is 0 Å². The highest BCUT2D eigenvalue weighted by Gasteiger charge is 2.29. The molecule has 4 rings (SSSR count). The summed E-state index contributed by atoms with van der Waals surface area (Å²) in [6, 6.07) is 7.26. The lowest BCUT2D eigenvalue weighted by Gasteiger charge is -2.35. The molecule has 0 saturated heterocycles. The number of anilines is 2. The van der Waals surface area contributed by atoms with Crippen LogP contribution in [0.25, 0.3) is 11.2 Å². The van der Waals surface area contributed by atoms with Crippen LogP contribution in [0.5, 0.6) is 0 Å². The molecule has 0 bridgehead atoms. The number of benzene rings is 1. The predicted octanol–water partition coefficient (Wildman–Crippen LogP) is 5.72. The van der Waals surface area contributed by atoms with E-state index < -0.39 is 0 Å². The number of aryl methyl sites for hydroxylation is 1. The molecule has 2 N–H and O–H groups in total. The number of pyridine rings is 1. The topological polar surface area (TPSA) is 71.8 Å². The molecule has 3 aromatic rings. The quantitative estimate of drug-likeness (QED) is 0.538. The number of amides is 1. The fourth-order valence-electron chi connectivity index (χ4n) is 4.13. The third-order valence-electron chi connectivity index (χ3n) is 5.71. The molecule has 1 atom stereocenters. The van der Waals surface area contributed by atoms with Gasteiger partial charge in [0.05, 0.1) is 21.3 Å². The van der Waals surface area contributed by atoms with Crippen LogP contribution in [0.15, 0.2) is 30.5 Å². The SMILES string of the molecule is Cn1c(Nc2c(Cl)cccc2Cl)nc2cc(C(=O)NC3CCCC(C)(C)C3)cnc21. The molecule has 1 saturated carbocycles. The van der Waals surface area contributed by atoms with Crippen molar-refractivity contribution in [3.05, 3.63) is 46.1 Å². The molecule has 1 aromatic carbocycles. The number of carbonyl (C=O) groups excluding carboxylic acids is 1. The van der Waals surface area contributed by atoms with E-state index in [9.17, 15) is 4.79 Å². The van der Waals surface area contributed by atoms with E-state index >= 15 is 0 Å². The number of nitrogens with one attached hydrogen (secondary N) is 2. The van der Waals surface area contributed by atoms with E-state index in [1.165, 1.54) is 6.42 Å². The Morgan fingerprint density at radius 1 is 1.27 bits per heavy atom. The highest BCUT2D eigenvalue weighted by molar-refractivity contribution is 6.39. The fourth-order valence-corrected chi connectivity index (χ4v) is 4.62. The summed E-state index contributed by atoms with van der Waals surface area (Å²) in [5.41, 5.74) is 2.64. The first-order valence-electron chi connectivity index (χ1n) is 10.1. The number of rotatable bonds is 4. The van der Waals surface area contributed by atoms with Crippen molar-refractivity contribution >= 4 is 51.9 Å². The molecule has 2 heterocycles. The van der Waals surface area contributed by atoms with Crippen molar-refractivity contribution in [1.82, 2.24) is 19.9 Å². The molecule has 1 aliphatic carbocycles. The van der Waals surface area contributed by atoms with Gasteiger partial charge in [-0.25, -0.2) is 9.97 Å². The molecule has 1 unspecified atom stereocenters. The second kappa shape index (κ2) is 8.08. The Morgan fingerprint density at radius 2 is 2.00 bits per heavy atom. The van der Waals surface area contributed by atoms with Gasteiger partial charge in [-0.1, -0.05) is 49.5 Å². The Balaban J connectivity index is 1.57. The van der Waals surface area contributed by atoms with Crippen LogP contribution < -0.4 is 10.6 Å². The van der Waals surface area contributed by atoms with Gasteiger partial charge >= 0.3 is 0 Å². The van der Waals surface area contributed by atoms with Crippen molar-refractivity contribution in [2.45, 2.75) is 45.6 Å². The van der Waals surface area contributed by atoms with Crippen molar-refractivity contribution in [3.63, 3.8) is 0 Å². The van der Waals surface area contributed by atoms with Gasteiger partial charge in [-0.2, -0.15) is 0 Å². The van der Waals surface area contributed by atoms with Crippen LogP contribution >= 0.6 is 23.2 Å². The number of hydrogen-bond acceptors (Lipinski definition) is 4. The number of aromatic nitrogens is 3. The van der Waals surface area contributed by atoms with E-state index in [4.69, 9.17) is 23.2 Å². The number of halogens is 2. The first-order valence-corrected chi connectivity index (χ1v) is 10.8. The zero-order valence-electron chi connectivity index (χ0n) is 17.3. The van der Waals surface area contributed by atoms with Crippen LogP contribution in [0, 0.1) is 5.41 Å². The van der Waals surface area contributed by atoms with E-state index in [-0.39, 0.29) is 17.4 Å². The minimum Gasteiger partial charge on any atom is -0.349 e. The molecular weight excluding hydrogens is 421 g/mol. The first-order chi connectivity index (χ1) is 14.2. The van der Waals surface area contributed by atoms with Gasteiger partial charge in [-0.05, 0) is 42.9 Å². The van der Waals surface area contributed by atoms with Crippen molar-refractivity contribution in [2.24, 2.45) is 12.5 Å². The average molecular weight is 446 g/mol. The van der Waals surface area contributed by atoms with Gasteiger partial charge in [0, 0.05) is 19.3 Å².